The molecule has 0 heterocycles. The van der Waals surface area contributed by atoms with Crippen molar-refractivity contribution in [3.8, 4) is 0 Å². The molecule has 0 amide bonds. The summed E-state index contributed by atoms with van der Waals surface area (Å²) in [5.41, 5.74) is 4.78. The second kappa shape index (κ2) is 7.97. The van der Waals surface area contributed by atoms with Gasteiger partial charge in [-0.2, -0.15) is 0 Å². The van der Waals surface area contributed by atoms with E-state index in [1.165, 1.54) is 44.9 Å². The second-order valence-electron chi connectivity index (χ2n) is 15.2. The van der Waals surface area contributed by atoms with Gasteiger partial charge in [0, 0.05) is 0 Å². The van der Waals surface area contributed by atoms with Crippen molar-refractivity contribution in [1.82, 2.24) is 0 Å². The zero-order valence-electron chi connectivity index (χ0n) is 23.6. The molecular weight excluding hydrogens is 400 g/mol. The van der Waals surface area contributed by atoms with Crippen LogP contribution in [0.2, 0.25) is 0 Å². The molecule has 3 saturated carbocycles. The Labute approximate surface area is 205 Å². The van der Waals surface area contributed by atoms with E-state index in [2.05, 4.69) is 81.4 Å². The standard InChI is InChI=1S/C32H54O/c1-21(11-12-22(2)28(3,4)5)23-15-19-32(10)25-13-14-26-29(6,7)27(33)17-18-30(26,8)24(25)16-20-31(23,32)9/h12,16,21,23,25-27,33H,11,13-15,17-20H2,1-10H3/t21-,23+,25-,26-,27+,30+,31+,32+/m1/s1. The van der Waals surface area contributed by atoms with Crippen molar-refractivity contribution >= 4 is 0 Å². The first kappa shape index (κ1) is 25.5. The van der Waals surface area contributed by atoms with Crippen molar-refractivity contribution in [2.45, 2.75) is 127 Å². The first-order valence-corrected chi connectivity index (χ1v) is 14.1. The molecular formula is C32H54O. The lowest BCUT2D eigenvalue weighted by molar-refractivity contribution is -0.118. The monoisotopic (exact) mass is 454 g/mol. The number of hydrogen-bond donors (Lipinski definition) is 1. The van der Waals surface area contributed by atoms with Crippen LogP contribution in [0.5, 0.6) is 0 Å². The van der Waals surface area contributed by atoms with E-state index in [-0.39, 0.29) is 22.3 Å². The van der Waals surface area contributed by atoms with Crippen molar-refractivity contribution in [2.75, 3.05) is 0 Å². The van der Waals surface area contributed by atoms with Gasteiger partial charge in [0.25, 0.3) is 0 Å². The SMILES string of the molecule is CC(=CC[C@@H](C)[C@@H]1CC[C@@]2(C)[C@@H]3CC[C@@H]4C(C)(C)[C@@H](O)CC[C@@]4(C)C3=CC[C@@]12C)C(C)(C)C. The molecule has 0 spiro atoms. The van der Waals surface area contributed by atoms with Gasteiger partial charge in [-0.05, 0) is 109 Å². The molecule has 33 heavy (non-hydrogen) atoms. The summed E-state index contributed by atoms with van der Waals surface area (Å²) in [5.74, 6) is 2.93. The van der Waals surface area contributed by atoms with E-state index in [9.17, 15) is 5.11 Å². The van der Waals surface area contributed by atoms with Gasteiger partial charge in [-0.3, -0.25) is 0 Å². The zero-order valence-corrected chi connectivity index (χ0v) is 23.6. The van der Waals surface area contributed by atoms with Gasteiger partial charge >= 0.3 is 0 Å². The van der Waals surface area contributed by atoms with Crippen LogP contribution in [0.15, 0.2) is 23.3 Å². The molecule has 0 saturated heterocycles. The molecule has 1 nitrogen and oxygen atoms in total. The Morgan fingerprint density at radius 2 is 1.70 bits per heavy atom. The van der Waals surface area contributed by atoms with Gasteiger partial charge in [0.1, 0.15) is 0 Å². The van der Waals surface area contributed by atoms with Gasteiger partial charge in [0.05, 0.1) is 6.10 Å². The van der Waals surface area contributed by atoms with E-state index in [1.54, 1.807) is 11.1 Å². The van der Waals surface area contributed by atoms with Crippen LogP contribution < -0.4 is 0 Å². The van der Waals surface area contributed by atoms with E-state index >= 15 is 0 Å². The fourth-order valence-corrected chi connectivity index (χ4v) is 9.50. The lowest BCUT2D eigenvalue weighted by Gasteiger charge is -2.64. The Kier molecular flexibility index (Phi) is 6.17. The predicted octanol–water partition coefficient (Wildman–Crippen LogP) is 8.97. The minimum absolute atomic E-state index is 0.0322. The third-order valence-corrected chi connectivity index (χ3v) is 12.5. The van der Waals surface area contributed by atoms with Gasteiger partial charge < -0.3 is 5.11 Å². The topological polar surface area (TPSA) is 20.2 Å². The average molecular weight is 455 g/mol. The van der Waals surface area contributed by atoms with E-state index in [4.69, 9.17) is 0 Å². The fourth-order valence-electron chi connectivity index (χ4n) is 9.50. The molecule has 4 aliphatic carbocycles. The summed E-state index contributed by atoms with van der Waals surface area (Å²) in [6, 6.07) is 0. The summed E-state index contributed by atoms with van der Waals surface area (Å²) in [7, 11) is 0. The van der Waals surface area contributed by atoms with Crippen LogP contribution >= 0.6 is 0 Å². The van der Waals surface area contributed by atoms with Crippen LogP contribution in [0.25, 0.3) is 0 Å². The van der Waals surface area contributed by atoms with Crippen molar-refractivity contribution < 1.29 is 5.11 Å². The average Bonchev–Trinajstić information content (AvgIpc) is 3.00. The molecule has 0 radical (unpaired) electrons. The number of fused-ring (bicyclic) bond motifs is 5. The summed E-state index contributed by atoms with van der Waals surface area (Å²) in [6.07, 6.45) is 15.2. The van der Waals surface area contributed by atoms with Gasteiger partial charge in [0.15, 0.2) is 0 Å². The lowest BCUT2D eigenvalue weighted by atomic mass is 9.41. The molecule has 0 aromatic heterocycles. The summed E-state index contributed by atoms with van der Waals surface area (Å²) < 4.78 is 0. The van der Waals surface area contributed by atoms with Gasteiger partial charge in [-0.25, -0.2) is 0 Å². The Morgan fingerprint density at radius 1 is 1.03 bits per heavy atom. The molecule has 8 atom stereocenters. The highest BCUT2D eigenvalue weighted by molar-refractivity contribution is 5.32. The van der Waals surface area contributed by atoms with Crippen LogP contribution in [0, 0.1) is 50.7 Å². The Bertz CT molecular complexity index is 824. The molecule has 188 valence electrons. The molecule has 0 aliphatic heterocycles. The highest BCUT2D eigenvalue weighted by Crippen LogP contribution is 2.73. The zero-order chi connectivity index (χ0) is 24.6. The van der Waals surface area contributed by atoms with Gasteiger partial charge in [-0.15, -0.1) is 0 Å². The molecule has 0 aromatic carbocycles. The van der Waals surface area contributed by atoms with Crippen molar-refractivity contribution in [2.24, 2.45) is 50.7 Å². The minimum atomic E-state index is -0.140. The molecule has 0 aromatic rings. The van der Waals surface area contributed by atoms with Gasteiger partial charge in [0.2, 0.25) is 0 Å². The van der Waals surface area contributed by atoms with E-state index < -0.39 is 0 Å². The molecule has 4 rings (SSSR count). The number of allylic oxidation sites excluding steroid dienone is 4. The maximum absolute atomic E-state index is 10.8. The number of rotatable bonds is 3. The van der Waals surface area contributed by atoms with Crippen LogP contribution in [-0.4, -0.2) is 11.2 Å². The minimum Gasteiger partial charge on any atom is -0.393 e. The normalized spacial score (nSPS) is 46.2. The maximum atomic E-state index is 10.8. The van der Waals surface area contributed by atoms with Crippen molar-refractivity contribution in [1.29, 1.82) is 0 Å². The van der Waals surface area contributed by atoms with Crippen molar-refractivity contribution in [3.63, 3.8) is 0 Å². The Morgan fingerprint density at radius 3 is 2.33 bits per heavy atom. The summed E-state index contributed by atoms with van der Waals surface area (Å²) >= 11 is 0. The molecule has 1 N–H and O–H groups in total. The Hall–Kier alpha value is -0.560. The van der Waals surface area contributed by atoms with Crippen molar-refractivity contribution in [3.05, 3.63) is 23.3 Å². The summed E-state index contributed by atoms with van der Waals surface area (Å²) in [6.45, 7) is 24.5. The third-order valence-electron chi connectivity index (χ3n) is 12.5. The first-order valence-electron chi connectivity index (χ1n) is 14.1. The molecule has 3 fully saturated rings. The van der Waals surface area contributed by atoms with Crippen LogP contribution in [0.4, 0.5) is 0 Å². The number of aliphatic hydroxyl groups excluding tert-OH is 1. The number of hydrogen-bond acceptors (Lipinski definition) is 1. The Balaban J connectivity index is 1.63. The highest BCUT2D eigenvalue weighted by Gasteiger charge is 2.65. The molecule has 4 aliphatic rings. The molecule has 0 bridgehead atoms. The van der Waals surface area contributed by atoms with Gasteiger partial charge in [-0.1, -0.05) is 85.6 Å². The van der Waals surface area contributed by atoms with Crippen LogP contribution in [0.3, 0.4) is 0 Å². The lowest BCUT2D eigenvalue weighted by Crippen LogP contribution is -2.57. The fraction of sp³-hybridized carbons (Fsp3) is 0.875. The van der Waals surface area contributed by atoms with E-state index in [0.717, 1.165) is 24.2 Å². The van der Waals surface area contributed by atoms with Crippen LogP contribution in [0.1, 0.15) is 121 Å². The first-order chi connectivity index (χ1) is 15.1. The largest absolute Gasteiger partial charge is 0.393 e. The number of aliphatic hydroxyl groups is 1. The third kappa shape index (κ3) is 3.65. The quantitative estimate of drug-likeness (QED) is 0.422. The molecule has 0 unspecified atom stereocenters. The van der Waals surface area contributed by atoms with E-state index in [0.29, 0.717) is 16.7 Å². The summed E-state index contributed by atoms with van der Waals surface area (Å²) in [5, 5.41) is 10.8. The van der Waals surface area contributed by atoms with E-state index in [1.807, 2.05) is 0 Å². The smallest absolute Gasteiger partial charge is 0.0594 e. The van der Waals surface area contributed by atoms with Crippen LogP contribution in [-0.2, 0) is 0 Å². The second-order valence-corrected chi connectivity index (χ2v) is 15.2. The predicted molar refractivity (Wildman–Crippen MR) is 142 cm³/mol. The maximum Gasteiger partial charge on any atom is 0.0594 e. The summed E-state index contributed by atoms with van der Waals surface area (Å²) in [4.78, 5) is 0. The highest BCUT2D eigenvalue weighted by atomic mass is 16.3. The molecule has 1 heteroatoms.